The zero-order valence-corrected chi connectivity index (χ0v) is 13.5. The summed E-state index contributed by atoms with van der Waals surface area (Å²) in [4.78, 5) is 32.0. The van der Waals surface area contributed by atoms with E-state index in [1.54, 1.807) is 32.0 Å². The van der Waals surface area contributed by atoms with Gasteiger partial charge in [0.1, 0.15) is 23.5 Å². The number of likely N-dealkylation sites (tertiary alicyclic amines) is 1. The van der Waals surface area contributed by atoms with Crippen molar-refractivity contribution in [3.8, 4) is 0 Å². The number of ketones is 1. The molecule has 1 aromatic rings. The molecule has 2 heterocycles. The summed E-state index contributed by atoms with van der Waals surface area (Å²) in [6.45, 7) is 1.59. The van der Waals surface area contributed by atoms with E-state index in [1.165, 1.54) is 23.1 Å². The van der Waals surface area contributed by atoms with E-state index in [0.29, 0.717) is 11.4 Å². The predicted octanol–water partition coefficient (Wildman–Crippen LogP) is 1.69. The lowest BCUT2D eigenvalue weighted by atomic mass is 9.91. The van der Waals surface area contributed by atoms with Crippen LogP contribution in [0.4, 0.5) is 8.78 Å². The van der Waals surface area contributed by atoms with Crippen LogP contribution in [0.15, 0.2) is 29.3 Å². The Morgan fingerprint density at radius 3 is 2.29 bits per heavy atom. The first-order valence-electron chi connectivity index (χ1n) is 7.55. The third-order valence-corrected chi connectivity index (χ3v) is 4.47. The van der Waals surface area contributed by atoms with Crippen LogP contribution in [-0.2, 0) is 9.59 Å². The lowest BCUT2D eigenvalue weighted by molar-refractivity contribution is -0.149. The molecule has 3 rings (SSSR count). The van der Waals surface area contributed by atoms with Crippen molar-refractivity contribution in [3.63, 3.8) is 0 Å². The van der Waals surface area contributed by atoms with Crippen molar-refractivity contribution < 1.29 is 18.4 Å². The summed E-state index contributed by atoms with van der Waals surface area (Å²) in [5, 5.41) is 0. The Balaban J connectivity index is 1.88. The van der Waals surface area contributed by atoms with Gasteiger partial charge in [0.15, 0.2) is 11.9 Å². The first-order valence-corrected chi connectivity index (χ1v) is 7.55. The van der Waals surface area contributed by atoms with Crippen LogP contribution < -0.4 is 0 Å². The molecule has 0 spiro atoms. The summed E-state index contributed by atoms with van der Waals surface area (Å²) in [6.07, 6.45) is 2.53. The highest BCUT2D eigenvalue weighted by Gasteiger charge is 2.49. The van der Waals surface area contributed by atoms with Crippen LogP contribution in [0.25, 0.3) is 6.08 Å². The zero-order valence-electron chi connectivity index (χ0n) is 13.5. The zero-order chi connectivity index (χ0) is 17.6. The largest absolute Gasteiger partial charge is 0.346 e. The van der Waals surface area contributed by atoms with E-state index in [-0.39, 0.29) is 11.7 Å². The first-order chi connectivity index (χ1) is 11.3. The van der Waals surface area contributed by atoms with Gasteiger partial charge in [-0.25, -0.2) is 13.8 Å². The minimum atomic E-state index is -0.699. The molecule has 0 aliphatic carbocycles. The van der Waals surface area contributed by atoms with E-state index in [2.05, 4.69) is 4.99 Å². The van der Waals surface area contributed by atoms with Crippen LogP contribution in [0.2, 0.25) is 0 Å². The quantitative estimate of drug-likeness (QED) is 0.774. The van der Waals surface area contributed by atoms with Crippen LogP contribution in [-0.4, -0.2) is 53.6 Å². The third-order valence-electron chi connectivity index (χ3n) is 4.47. The molecule has 3 atom stereocenters. The molecular weight excluding hydrogens is 316 g/mol. The number of likely N-dealkylation sites (N-methyl/N-ethyl adjacent to an activating group) is 2. The van der Waals surface area contributed by atoms with Gasteiger partial charge in [0.25, 0.3) is 0 Å². The Bertz CT molecular complexity index is 755. The molecule has 24 heavy (non-hydrogen) atoms. The van der Waals surface area contributed by atoms with Gasteiger partial charge >= 0.3 is 0 Å². The third kappa shape index (κ3) is 2.60. The summed E-state index contributed by atoms with van der Waals surface area (Å²) >= 11 is 0. The van der Waals surface area contributed by atoms with Gasteiger partial charge in [-0.1, -0.05) is 6.08 Å². The van der Waals surface area contributed by atoms with Gasteiger partial charge in [-0.2, -0.15) is 0 Å². The molecule has 1 aromatic carbocycles. The maximum absolute atomic E-state index is 13.2. The number of amides is 1. The van der Waals surface area contributed by atoms with Gasteiger partial charge in [0.05, 0.1) is 5.92 Å². The van der Waals surface area contributed by atoms with Crippen molar-refractivity contribution in [2.75, 3.05) is 14.1 Å². The van der Waals surface area contributed by atoms with Crippen molar-refractivity contribution in [1.29, 1.82) is 0 Å². The number of carbonyl (C=O) groups excluding carboxylic acids is 2. The number of hydrogen-bond acceptors (Lipinski definition) is 4. The standard InChI is InChI=1S/C17H17F2N3O2/c1-9-15(23)14-16(22(3)17(9)24)20-13(21(14)2)5-4-10-6-11(18)8-12(19)7-10/h4-9,14,16H,1-3H3/b5-4+. The summed E-state index contributed by atoms with van der Waals surface area (Å²) in [5.74, 6) is -1.98. The lowest BCUT2D eigenvalue weighted by Gasteiger charge is -2.37. The highest BCUT2D eigenvalue weighted by Crippen LogP contribution is 2.28. The summed E-state index contributed by atoms with van der Waals surface area (Å²) < 4.78 is 26.5. The van der Waals surface area contributed by atoms with E-state index < -0.39 is 29.8 Å². The molecule has 1 amide bonds. The molecule has 7 heteroatoms. The van der Waals surface area contributed by atoms with Gasteiger partial charge in [-0.15, -0.1) is 0 Å². The average molecular weight is 333 g/mol. The molecule has 1 fully saturated rings. The molecule has 2 aliphatic rings. The van der Waals surface area contributed by atoms with Gasteiger partial charge in [0.2, 0.25) is 5.91 Å². The number of nitrogens with zero attached hydrogens (tertiary/aromatic N) is 3. The molecule has 126 valence electrons. The SMILES string of the molecule is CC1C(=O)C2C(N=C(/C=C/c3cc(F)cc(F)c3)N2C)N(C)C1=O. The number of benzene rings is 1. The van der Waals surface area contributed by atoms with Gasteiger partial charge in [0, 0.05) is 20.2 Å². The maximum Gasteiger partial charge on any atom is 0.234 e. The highest BCUT2D eigenvalue weighted by atomic mass is 19.1. The van der Waals surface area contributed by atoms with Crippen molar-refractivity contribution in [2.24, 2.45) is 10.9 Å². The number of fused-ring (bicyclic) bond motifs is 1. The van der Waals surface area contributed by atoms with E-state index in [0.717, 1.165) is 6.07 Å². The number of halogens is 2. The van der Waals surface area contributed by atoms with Gasteiger partial charge < -0.3 is 9.80 Å². The van der Waals surface area contributed by atoms with Crippen LogP contribution in [0.3, 0.4) is 0 Å². The average Bonchev–Trinajstić information content (AvgIpc) is 2.85. The number of amidine groups is 1. The van der Waals surface area contributed by atoms with Crippen molar-refractivity contribution in [2.45, 2.75) is 19.1 Å². The monoisotopic (exact) mass is 333 g/mol. The fourth-order valence-corrected chi connectivity index (χ4v) is 3.09. The Morgan fingerprint density at radius 1 is 1.04 bits per heavy atom. The molecule has 0 saturated carbocycles. The second-order valence-electron chi connectivity index (χ2n) is 6.07. The number of piperidine rings is 1. The van der Waals surface area contributed by atoms with Crippen LogP contribution in [0.1, 0.15) is 12.5 Å². The summed E-state index contributed by atoms with van der Waals surface area (Å²) in [5.41, 5.74) is 0.350. The fourth-order valence-electron chi connectivity index (χ4n) is 3.09. The van der Waals surface area contributed by atoms with Gasteiger partial charge in [-0.05, 0) is 30.7 Å². The molecule has 3 unspecified atom stereocenters. The fraction of sp³-hybridized carbons (Fsp3) is 0.353. The summed E-state index contributed by atoms with van der Waals surface area (Å²) in [6, 6.07) is 2.66. The van der Waals surface area contributed by atoms with Gasteiger partial charge in [-0.3, -0.25) is 9.59 Å². The van der Waals surface area contributed by atoms with Crippen LogP contribution in [0, 0.1) is 17.6 Å². The Labute approximate surface area is 138 Å². The first kappa shape index (κ1) is 16.3. The Morgan fingerprint density at radius 2 is 1.67 bits per heavy atom. The Hall–Kier alpha value is -2.57. The number of carbonyl (C=O) groups is 2. The number of hydrogen-bond donors (Lipinski definition) is 0. The highest BCUT2D eigenvalue weighted by molar-refractivity contribution is 6.10. The van der Waals surface area contributed by atoms with Crippen LogP contribution in [0.5, 0.6) is 0 Å². The predicted molar refractivity (Wildman–Crippen MR) is 85.1 cm³/mol. The molecule has 2 aliphatic heterocycles. The van der Waals surface area contributed by atoms with E-state index in [1.807, 2.05) is 0 Å². The Kier molecular flexibility index (Phi) is 3.95. The lowest BCUT2D eigenvalue weighted by Crippen LogP contribution is -2.59. The smallest absolute Gasteiger partial charge is 0.234 e. The molecule has 0 radical (unpaired) electrons. The molecular formula is C17H17F2N3O2. The molecule has 5 nitrogen and oxygen atoms in total. The second kappa shape index (κ2) is 5.81. The van der Waals surface area contributed by atoms with E-state index >= 15 is 0 Å². The molecule has 1 saturated heterocycles. The maximum atomic E-state index is 13.2. The topological polar surface area (TPSA) is 53.0 Å². The number of Topliss-reactive ketones (excluding diaryl/α,β-unsaturated/α-hetero) is 1. The minimum Gasteiger partial charge on any atom is -0.346 e. The number of aliphatic imine (C=N–C) groups is 1. The molecule has 0 aromatic heterocycles. The molecule has 0 N–H and O–H groups in total. The normalized spacial score (nSPS) is 27.0. The number of rotatable bonds is 2. The van der Waals surface area contributed by atoms with E-state index in [4.69, 9.17) is 0 Å². The summed E-state index contributed by atoms with van der Waals surface area (Å²) in [7, 11) is 3.34. The van der Waals surface area contributed by atoms with Crippen molar-refractivity contribution >= 4 is 23.6 Å². The molecule has 0 bridgehead atoms. The minimum absolute atomic E-state index is 0.172. The van der Waals surface area contributed by atoms with E-state index in [9.17, 15) is 18.4 Å². The van der Waals surface area contributed by atoms with Crippen molar-refractivity contribution in [3.05, 3.63) is 41.5 Å². The van der Waals surface area contributed by atoms with Crippen molar-refractivity contribution in [1.82, 2.24) is 9.80 Å². The second-order valence-corrected chi connectivity index (χ2v) is 6.07. The van der Waals surface area contributed by atoms with Crippen LogP contribution >= 0.6 is 0 Å².